The molecule has 138 valence electrons. The van der Waals surface area contributed by atoms with E-state index in [1.165, 1.54) is 5.01 Å². The molecule has 2 aliphatic heterocycles. The lowest BCUT2D eigenvalue weighted by atomic mass is 10.0. The molecule has 5 heteroatoms. The Bertz CT molecular complexity index is 763. The van der Waals surface area contributed by atoms with E-state index in [1.807, 2.05) is 49.5 Å². The number of ether oxygens (including phenoxy) is 1. The molecule has 1 aromatic rings. The van der Waals surface area contributed by atoms with Gasteiger partial charge in [0.1, 0.15) is 6.61 Å². The number of benzene rings is 1. The van der Waals surface area contributed by atoms with E-state index in [-0.39, 0.29) is 11.4 Å². The fourth-order valence-electron chi connectivity index (χ4n) is 2.96. The highest BCUT2D eigenvalue weighted by atomic mass is 16.5. The molecule has 3 rings (SSSR count). The molecule has 1 aromatic carbocycles. The molecule has 1 fully saturated rings. The summed E-state index contributed by atoms with van der Waals surface area (Å²) in [6.07, 6.45) is 6.60. The van der Waals surface area contributed by atoms with Crippen molar-refractivity contribution in [1.82, 2.24) is 4.90 Å². The number of para-hydroxylation sites is 1. The first-order chi connectivity index (χ1) is 12.4. The van der Waals surface area contributed by atoms with Crippen molar-refractivity contribution in [1.29, 1.82) is 0 Å². The summed E-state index contributed by atoms with van der Waals surface area (Å²) in [5.41, 5.74) is 2.24. The first-order valence-electron chi connectivity index (χ1n) is 9.20. The van der Waals surface area contributed by atoms with E-state index >= 15 is 0 Å². The Morgan fingerprint density at radius 3 is 2.58 bits per heavy atom. The number of allylic oxidation sites excluding steroid dienone is 2. The van der Waals surface area contributed by atoms with Gasteiger partial charge in [0.25, 0.3) is 5.91 Å². The molecule has 0 bridgehead atoms. The number of amides is 1. The van der Waals surface area contributed by atoms with Crippen molar-refractivity contribution in [2.45, 2.75) is 45.6 Å². The van der Waals surface area contributed by atoms with Gasteiger partial charge in [0.05, 0.1) is 22.5 Å². The van der Waals surface area contributed by atoms with Crippen LogP contribution in [0.5, 0.6) is 0 Å². The van der Waals surface area contributed by atoms with Crippen LogP contribution in [-0.2, 0) is 9.53 Å². The number of hydrazone groups is 1. The predicted molar refractivity (Wildman–Crippen MR) is 105 cm³/mol. The molecule has 0 atom stereocenters. The highest BCUT2D eigenvalue weighted by Gasteiger charge is 2.34. The van der Waals surface area contributed by atoms with Crippen LogP contribution in [0.15, 0.2) is 59.0 Å². The highest BCUT2D eigenvalue weighted by molar-refractivity contribution is 6.30. The standard InChI is InChI=1S/C21H27N3O2/c1-5-6-12-18-17(13-14-19-23(4)21(2,3)15-26-19)20(25)24(22-18)16-10-8-7-9-11-16/h7-11,13-14H,5-6,12,15H2,1-4H3. The summed E-state index contributed by atoms with van der Waals surface area (Å²) in [7, 11) is 2.01. The van der Waals surface area contributed by atoms with Crippen LogP contribution < -0.4 is 5.01 Å². The van der Waals surface area contributed by atoms with Gasteiger partial charge in [0.2, 0.25) is 0 Å². The largest absolute Gasteiger partial charge is 0.477 e. The fourth-order valence-corrected chi connectivity index (χ4v) is 2.96. The molecule has 1 saturated heterocycles. The maximum Gasteiger partial charge on any atom is 0.280 e. The van der Waals surface area contributed by atoms with Gasteiger partial charge in [-0.2, -0.15) is 10.1 Å². The Kier molecular flexibility index (Phi) is 5.16. The number of nitrogens with zero attached hydrogens (tertiary/aromatic N) is 3. The van der Waals surface area contributed by atoms with Crippen molar-refractivity contribution in [2.24, 2.45) is 5.10 Å². The molecule has 0 N–H and O–H groups in total. The lowest BCUT2D eigenvalue weighted by Crippen LogP contribution is -2.36. The van der Waals surface area contributed by atoms with Gasteiger partial charge in [-0.05, 0) is 51.0 Å². The Balaban J connectivity index is 1.89. The molecule has 26 heavy (non-hydrogen) atoms. The summed E-state index contributed by atoms with van der Waals surface area (Å²) in [4.78, 5) is 15.1. The number of carbonyl (C=O) groups excluding carboxylic acids is 1. The van der Waals surface area contributed by atoms with E-state index < -0.39 is 0 Å². The summed E-state index contributed by atoms with van der Waals surface area (Å²) < 4.78 is 5.78. The monoisotopic (exact) mass is 353 g/mol. The molecule has 2 heterocycles. The van der Waals surface area contributed by atoms with Crippen molar-refractivity contribution in [3.05, 3.63) is 53.9 Å². The molecule has 1 amide bonds. The van der Waals surface area contributed by atoms with Crippen LogP contribution in [0, 0.1) is 0 Å². The fraction of sp³-hybridized carbons (Fsp3) is 0.429. The summed E-state index contributed by atoms with van der Waals surface area (Å²) >= 11 is 0. The third-order valence-electron chi connectivity index (χ3n) is 4.93. The number of unbranched alkanes of at least 4 members (excludes halogenated alkanes) is 1. The van der Waals surface area contributed by atoms with Crippen LogP contribution in [0.4, 0.5) is 5.69 Å². The molecular weight excluding hydrogens is 326 g/mol. The predicted octanol–water partition coefficient (Wildman–Crippen LogP) is 4.09. The van der Waals surface area contributed by atoms with Crippen molar-refractivity contribution in [2.75, 3.05) is 18.7 Å². The number of carbonyl (C=O) groups is 1. The Morgan fingerprint density at radius 1 is 1.23 bits per heavy atom. The Hall–Kier alpha value is -2.56. The van der Waals surface area contributed by atoms with Crippen molar-refractivity contribution in [3.63, 3.8) is 0 Å². The molecule has 0 unspecified atom stereocenters. The summed E-state index contributed by atoms with van der Waals surface area (Å²) in [6.45, 7) is 7.04. The van der Waals surface area contributed by atoms with E-state index in [2.05, 4.69) is 30.8 Å². The number of rotatable bonds is 5. The maximum absolute atomic E-state index is 13.0. The third-order valence-corrected chi connectivity index (χ3v) is 4.93. The summed E-state index contributed by atoms with van der Waals surface area (Å²) in [6, 6.07) is 9.56. The second-order valence-corrected chi connectivity index (χ2v) is 7.35. The van der Waals surface area contributed by atoms with Crippen LogP contribution in [0.2, 0.25) is 0 Å². The Labute approximate surface area is 155 Å². The van der Waals surface area contributed by atoms with Crippen LogP contribution in [-0.4, -0.2) is 35.7 Å². The lowest BCUT2D eigenvalue weighted by molar-refractivity contribution is -0.114. The normalized spacial score (nSPS) is 22.3. The van der Waals surface area contributed by atoms with Crippen LogP contribution in [0.3, 0.4) is 0 Å². The number of anilines is 1. The van der Waals surface area contributed by atoms with Gasteiger partial charge in [-0.1, -0.05) is 31.5 Å². The zero-order chi connectivity index (χ0) is 18.7. The third kappa shape index (κ3) is 3.52. The smallest absolute Gasteiger partial charge is 0.280 e. The minimum atomic E-state index is -0.0842. The minimum absolute atomic E-state index is 0.0424. The van der Waals surface area contributed by atoms with Gasteiger partial charge in [-0.3, -0.25) is 4.79 Å². The molecule has 2 aliphatic rings. The van der Waals surface area contributed by atoms with Crippen LogP contribution in [0.1, 0.15) is 40.0 Å². The topological polar surface area (TPSA) is 45.1 Å². The van der Waals surface area contributed by atoms with Crippen molar-refractivity contribution in [3.8, 4) is 0 Å². The molecule has 0 saturated carbocycles. The van der Waals surface area contributed by atoms with Gasteiger partial charge >= 0.3 is 0 Å². The van der Waals surface area contributed by atoms with E-state index in [4.69, 9.17) is 4.74 Å². The van der Waals surface area contributed by atoms with E-state index in [1.54, 1.807) is 0 Å². The lowest BCUT2D eigenvalue weighted by Gasteiger charge is -2.25. The van der Waals surface area contributed by atoms with Crippen LogP contribution in [0.25, 0.3) is 0 Å². The van der Waals surface area contributed by atoms with E-state index in [0.717, 1.165) is 36.5 Å². The number of likely N-dealkylation sites (N-methyl/N-ethyl adjacent to an activating group) is 1. The average molecular weight is 353 g/mol. The SMILES string of the molecule is CCCCC1=NN(c2ccccc2)C(=O)C1=CC=C1OCC(C)(C)N1C. The van der Waals surface area contributed by atoms with Gasteiger partial charge < -0.3 is 9.64 Å². The first-order valence-corrected chi connectivity index (χ1v) is 9.20. The molecule has 0 aromatic heterocycles. The minimum Gasteiger partial charge on any atom is -0.477 e. The van der Waals surface area contributed by atoms with Gasteiger partial charge in [-0.25, -0.2) is 0 Å². The van der Waals surface area contributed by atoms with E-state index in [0.29, 0.717) is 12.2 Å². The second kappa shape index (κ2) is 7.36. The molecular formula is C21H27N3O2. The van der Waals surface area contributed by atoms with Gasteiger partial charge in [-0.15, -0.1) is 0 Å². The van der Waals surface area contributed by atoms with Gasteiger partial charge in [0, 0.05) is 7.05 Å². The quantitative estimate of drug-likeness (QED) is 0.749. The second-order valence-electron chi connectivity index (χ2n) is 7.35. The number of hydrogen-bond acceptors (Lipinski definition) is 4. The zero-order valence-corrected chi connectivity index (χ0v) is 16.0. The summed E-state index contributed by atoms with van der Waals surface area (Å²) in [5, 5.41) is 6.10. The molecule has 5 nitrogen and oxygen atoms in total. The first kappa shape index (κ1) is 18.2. The highest BCUT2D eigenvalue weighted by Crippen LogP contribution is 2.29. The average Bonchev–Trinajstić information content (AvgIpc) is 3.09. The van der Waals surface area contributed by atoms with Crippen LogP contribution >= 0.6 is 0 Å². The zero-order valence-electron chi connectivity index (χ0n) is 16.0. The molecule has 0 aliphatic carbocycles. The number of hydrogen-bond donors (Lipinski definition) is 0. The maximum atomic E-state index is 13.0. The molecule has 0 spiro atoms. The van der Waals surface area contributed by atoms with E-state index in [9.17, 15) is 4.79 Å². The van der Waals surface area contributed by atoms with Gasteiger partial charge in [0.15, 0.2) is 5.88 Å². The molecule has 0 radical (unpaired) electrons. The van der Waals surface area contributed by atoms with Crippen molar-refractivity contribution < 1.29 is 9.53 Å². The summed E-state index contributed by atoms with van der Waals surface area (Å²) in [5.74, 6) is 0.697. The Morgan fingerprint density at radius 2 is 1.96 bits per heavy atom. The van der Waals surface area contributed by atoms with Crippen molar-refractivity contribution >= 4 is 17.3 Å².